The Labute approximate surface area is 362 Å². The highest BCUT2D eigenvalue weighted by molar-refractivity contribution is 6.27. The maximum absolute atomic E-state index is 2.42. The first-order valence-corrected chi connectivity index (χ1v) is 21.8. The molecule has 0 heteroatoms. The highest BCUT2D eigenvalue weighted by Crippen LogP contribution is 2.52. The van der Waals surface area contributed by atoms with Crippen molar-refractivity contribution in [1.29, 1.82) is 0 Å². The molecule has 62 heavy (non-hydrogen) atoms. The summed E-state index contributed by atoms with van der Waals surface area (Å²) < 4.78 is 0. The summed E-state index contributed by atoms with van der Waals surface area (Å²) in [7, 11) is 0. The van der Waals surface area contributed by atoms with Crippen LogP contribution in [0.25, 0.3) is 106 Å². The van der Waals surface area contributed by atoms with Crippen molar-refractivity contribution < 1.29 is 0 Å². The maximum Gasteiger partial charge on any atom is 0.0205 e. The van der Waals surface area contributed by atoms with Gasteiger partial charge in [0.25, 0.3) is 0 Å². The van der Waals surface area contributed by atoms with Gasteiger partial charge in [-0.15, -0.1) is 0 Å². The summed E-state index contributed by atoms with van der Waals surface area (Å²) in [6, 6.07) is 72.0. The Morgan fingerprint density at radius 2 is 0.839 bits per heavy atom. The zero-order valence-electron chi connectivity index (χ0n) is 34.1. The Hall–Kier alpha value is -7.80. The number of hydrogen-bond acceptors (Lipinski definition) is 0. The van der Waals surface area contributed by atoms with Crippen molar-refractivity contribution >= 4 is 50.0 Å². The molecule has 0 radical (unpaired) electrons. The summed E-state index contributed by atoms with van der Waals surface area (Å²) in [4.78, 5) is 0. The molecule has 13 rings (SSSR count). The average molecular weight is 785 g/mol. The molecular formula is C62H40. The molecule has 0 saturated heterocycles. The lowest BCUT2D eigenvalue weighted by atomic mass is 9.66. The number of allylic oxidation sites excluding steroid dienone is 6. The largest absolute Gasteiger partial charge is 0.0760 e. The summed E-state index contributed by atoms with van der Waals surface area (Å²) in [6.07, 6.45) is 14.2. The molecule has 10 aromatic rings. The van der Waals surface area contributed by atoms with E-state index in [-0.39, 0.29) is 0 Å². The molecule has 0 amide bonds. The van der Waals surface area contributed by atoms with Gasteiger partial charge in [-0.3, -0.25) is 0 Å². The van der Waals surface area contributed by atoms with E-state index >= 15 is 0 Å². The Bertz CT molecular complexity index is 3540. The van der Waals surface area contributed by atoms with Gasteiger partial charge >= 0.3 is 0 Å². The van der Waals surface area contributed by atoms with Gasteiger partial charge < -0.3 is 0 Å². The van der Waals surface area contributed by atoms with Crippen LogP contribution in [0.1, 0.15) is 28.2 Å². The number of hydrogen-bond donors (Lipinski definition) is 0. The third-order valence-corrected chi connectivity index (χ3v) is 13.8. The number of rotatable bonds is 6. The molecule has 10 aromatic carbocycles. The summed E-state index contributed by atoms with van der Waals surface area (Å²) >= 11 is 0. The van der Waals surface area contributed by atoms with Crippen LogP contribution < -0.4 is 0 Å². The van der Waals surface area contributed by atoms with E-state index in [1.807, 2.05) is 0 Å². The van der Waals surface area contributed by atoms with Crippen LogP contribution in [0.3, 0.4) is 0 Å². The molecule has 0 heterocycles. The van der Waals surface area contributed by atoms with Crippen LogP contribution in [0.5, 0.6) is 0 Å². The quantitative estimate of drug-likeness (QED) is 0.147. The summed E-state index contributed by atoms with van der Waals surface area (Å²) in [5.74, 6) is 0.690. The van der Waals surface area contributed by atoms with Gasteiger partial charge in [0.1, 0.15) is 0 Å². The summed E-state index contributed by atoms with van der Waals surface area (Å²) in [5.41, 5.74) is 20.6. The number of benzene rings is 10. The van der Waals surface area contributed by atoms with Crippen LogP contribution in [0, 0.1) is 5.92 Å². The smallest absolute Gasteiger partial charge is 0.0205 e. The van der Waals surface area contributed by atoms with Crippen LogP contribution in [-0.4, -0.2) is 0 Å². The van der Waals surface area contributed by atoms with Gasteiger partial charge in [0.05, 0.1) is 0 Å². The van der Waals surface area contributed by atoms with E-state index in [0.29, 0.717) is 11.8 Å². The zero-order chi connectivity index (χ0) is 40.7. The van der Waals surface area contributed by atoms with Gasteiger partial charge in [-0.1, -0.05) is 218 Å². The zero-order valence-corrected chi connectivity index (χ0v) is 34.1. The van der Waals surface area contributed by atoms with E-state index in [9.17, 15) is 0 Å². The van der Waals surface area contributed by atoms with Gasteiger partial charge in [0, 0.05) is 11.8 Å². The van der Waals surface area contributed by atoms with Gasteiger partial charge in [-0.25, -0.2) is 0 Å². The second-order valence-corrected chi connectivity index (χ2v) is 17.1. The molecule has 0 aliphatic heterocycles. The molecule has 288 valence electrons. The van der Waals surface area contributed by atoms with Crippen LogP contribution in [0.15, 0.2) is 224 Å². The molecule has 3 aliphatic carbocycles. The van der Waals surface area contributed by atoms with Crippen molar-refractivity contribution in [2.45, 2.75) is 5.92 Å². The summed E-state index contributed by atoms with van der Waals surface area (Å²) in [5, 5.41) is 7.85. The van der Waals surface area contributed by atoms with E-state index in [1.54, 1.807) is 0 Å². The molecule has 2 unspecified atom stereocenters. The Balaban J connectivity index is 0.832. The minimum Gasteiger partial charge on any atom is -0.0760 e. The third kappa shape index (κ3) is 5.47. The predicted octanol–water partition coefficient (Wildman–Crippen LogP) is 16.7. The van der Waals surface area contributed by atoms with Gasteiger partial charge in [-0.05, 0) is 133 Å². The van der Waals surface area contributed by atoms with Crippen LogP contribution in [0.2, 0.25) is 0 Å². The van der Waals surface area contributed by atoms with Crippen molar-refractivity contribution in [3.05, 3.63) is 246 Å². The lowest BCUT2D eigenvalue weighted by Crippen LogP contribution is -2.22. The molecule has 0 bridgehead atoms. The molecule has 0 N–H and O–H groups in total. The monoisotopic (exact) mass is 784 g/mol. The third-order valence-electron chi connectivity index (χ3n) is 13.8. The van der Waals surface area contributed by atoms with E-state index in [0.717, 1.165) is 0 Å². The minimum atomic E-state index is 0.325. The molecule has 0 nitrogen and oxygen atoms in total. The van der Waals surface area contributed by atoms with E-state index in [4.69, 9.17) is 0 Å². The van der Waals surface area contributed by atoms with Crippen molar-refractivity contribution in [2.24, 2.45) is 5.92 Å². The Morgan fingerprint density at radius 1 is 0.323 bits per heavy atom. The van der Waals surface area contributed by atoms with Crippen molar-refractivity contribution in [1.82, 2.24) is 0 Å². The van der Waals surface area contributed by atoms with Crippen molar-refractivity contribution in [2.75, 3.05) is 0 Å². The first-order chi connectivity index (χ1) is 30.7. The molecule has 3 aliphatic rings. The van der Waals surface area contributed by atoms with E-state index < -0.39 is 0 Å². The van der Waals surface area contributed by atoms with E-state index in [2.05, 4.69) is 231 Å². The lowest BCUT2D eigenvalue weighted by Gasteiger charge is -2.37. The Kier molecular flexibility index (Phi) is 7.84. The molecule has 0 aromatic heterocycles. The van der Waals surface area contributed by atoms with Crippen LogP contribution >= 0.6 is 0 Å². The lowest BCUT2D eigenvalue weighted by molar-refractivity contribution is 0.668. The summed E-state index contributed by atoms with van der Waals surface area (Å²) in [6.45, 7) is 0. The topological polar surface area (TPSA) is 0 Å². The normalized spacial score (nSPS) is 16.1. The fourth-order valence-corrected chi connectivity index (χ4v) is 10.9. The first kappa shape index (κ1) is 35.0. The molecule has 0 fully saturated rings. The first-order valence-electron chi connectivity index (χ1n) is 21.8. The standard InChI is InChI=1S/C62H40/c1-3-9-41(10-4-1)51-29-21-43-27-35-57-53(31-23-45-25-33-55(51)59(43)61(45)57)49-15-7-13-47(37-49)39-17-19-40(20-18-39)48-14-8-16-50(38-48)54-32-24-46-26-34-56-52(42-11-5-2-6-12-42)30-22-44-28-36-58(54)62(46)60(44)56/h1-38,43,59H. The van der Waals surface area contributed by atoms with Gasteiger partial charge in [0.15, 0.2) is 0 Å². The minimum absolute atomic E-state index is 0.325. The fourth-order valence-electron chi connectivity index (χ4n) is 10.9. The highest BCUT2D eigenvalue weighted by atomic mass is 14.4. The molecule has 2 atom stereocenters. The van der Waals surface area contributed by atoms with E-state index in [1.165, 1.54) is 121 Å². The second kappa shape index (κ2) is 13.9. The van der Waals surface area contributed by atoms with Crippen molar-refractivity contribution in [3.63, 3.8) is 0 Å². The van der Waals surface area contributed by atoms with Gasteiger partial charge in [-0.2, -0.15) is 0 Å². The van der Waals surface area contributed by atoms with Crippen LogP contribution in [0.4, 0.5) is 0 Å². The molecule has 0 spiro atoms. The predicted molar refractivity (Wildman–Crippen MR) is 264 cm³/mol. The average Bonchev–Trinajstić information content (AvgIpc) is 3.35. The Morgan fingerprint density at radius 3 is 1.48 bits per heavy atom. The van der Waals surface area contributed by atoms with Gasteiger partial charge in [0.2, 0.25) is 0 Å². The highest BCUT2D eigenvalue weighted by Gasteiger charge is 2.35. The van der Waals surface area contributed by atoms with Crippen molar-refractivity contribution in [3.8, 4) is 55.6 Å². The fraction of sp³-hybridized carbons (Fsp3) is 0.0323. The SMILES string of the molecule is C1=CC2C=Cc3c(-c4cccc(-c5ccc(-c6cccc(-c7ccc8ccc9c(-c%10ccccc%10)ccc%10ccc7c8c%109)c6)cc5)c4)ccc4c3C2C(=C1c1ccccc1)C=C4. The maximum atomic E-state index is 2.42. The molecule has 0 saturated carbocycles. The second-order valence-electron chi connectivity index (χ2n) is 17.1. The van der Waals surface area contributed by atoms with Crippen LogP contribution in [-0.2, 0) is 0 Å². The molecular weight excluding hydrogens is 745 g/mol.